The zero-order valence-electron chi connectivity index (χ0n) is 16.3. The maximum absolute atomic E-state index is 13.2. The van der Waals surface area contributed by atoms with Crippen molar-refractivity contribution >= 4 is 32.7 Å². The van der Waals surface area contributed by atoms with Gasteiger partial charge in [-0.1, -0.05) is 28.1 Å². The minimum atomic E-state index is -0.163. The number of nitrogens with one attached hydrogen (secondary N) is 1. The molecule has 3 aromatic rings. The molecule has 1 N–H and O–H groups in total. The molecule has 1 aliphatic heterocycles. The summed E-state index contributed by atoms with van der Waals surface area (Å²) in [5.41, 5.74) is 2.91. The predicted octanol–water partition coefficient (Wildman–Crippen LogP) is 4.42. The van der Waals surface area contributed by atoms with Gasteiger partial charge in [-0.15, -0.1) is 0 Å². The molecule has 1 saturated heterocycles. The number of rotatable bonds is 5. The highest BCUT2D eigenvalue weighted by Gasteiger charge is 2.24. The van der Waals surface area contributed by atoms with Crippen molar-refractivity contribution in [3.63, 3.8) is 0 Å². The van der Waals surface area contributed by atoms with E-state index >= 15 is 0 Å². The zero-order chi connectivity index (χ0) is 20.4. The summed E-state index contributed by atoms with van der Waals surface area (Å²) in [4.78, 5) is 30.6. The maximum atomic E-state index is 13.2. The fourth-order valence-electron chi connectivity index (χ4n) is 3.71. The molecule has 0 aliphatic carbocycles. The average Bonchev–Trinajstić information content (AvgIpc) is 3.21. The van der Waals surface area contributed by atoms with Crippen LogP contribution < -0.4 is 5.56 Å². The summed E-state index contributed by atoms with van der Waals surface area (Å²) in [5.74, 6) is -0.101. The lowest BCUT2D eigenvalue weighted by Crippen LogP contribution is -2.38. The predicted molar refractivity (Wildman–Crippen MR) is 117 cm³/mol. The summed E-state index contributed by atoms with van der Waals surface area (Å²) < 4.78 is 6.67. The van der Waals surface area contributed by atoms with E-state index in [0.29, 0.717) is 17.7 Å². The van der Waals surface area contributed by atoms with Crippen LogP contribution in [0.25, 0.3) is 10.9 Å². The zero-order valence-corrected chi connectivity index (χ0v) is 17.9. The van der Waals surface area contributed by atoms with Crippen LogP contribution in [0.5, 0.6) is 0 Å². The van der Waals surface area contributed by atoms with Gasteiger partial charge < -0.3 is 14.6 Å². The molecule has 0 unspecified atom stereocenters. The lowest BCUT2D eigenvalue weighted by atomic mass is 10.1. The Kier molecular flexibility index (Phi) is 5.83. The number of amides is 1. The number of halogens is 1. The second kappa shape index (κ2) is 8.51. The van der Waals surface area contributed by atoms with Crippen LogP contribution in [-0.4, -0.2) is 35.0 Å². The fraction of sp³-hybridized carbons (Fsp3) is 0.304. The molecule has 5 nitrogen and oxygen atoms in total. The van der Waals surface area contributed by atoms with Crippen LogP contribution in [0.15, 0.2) is 57.8 Å². The van der Waals surface area contributed by atoms with Gasteiger partial charge in [0.15, 0.2) is 0 Å². The fourth-order valence-corrected chi connectivity index (χ4v) is 3.98. The van der Waals surface area contributed by atoms with Crippen molar-refractivity contribution in [2.45, 2.75) is 32.4 Å². The van der Waals surface area contributed by atoms with Crippen molar-refractivity contribution < 1.29 is 9.53 Å². The third-order valence-corrected chi connectivity index (χ3v) is 5.79. The lowest BCUT2D eigenvalue weighted by Gasteiger charge is -2.25. The molecule has 150 valence electrons. The first kappa shape index (κ1) is 19.9. The third kappa shape index (κ3) is 4.60. The van der Waals surface area contributed by atoms with Gasteiger partial charge in [0.25, 0.3) is 11.5 Å². The normalized spacial score (nSPS) is 16.3. The van der Waals surface area contributed by atoms with Crippen LogP contribution in [0.3, 0.4) is 0 Å². The first-order valence-electron chi connectivity index (χ1n) is 9.78. The summed E-state index contributed by atoms with van der Waals surface area (Å²) in [7, 11) is 0. The highest BCUT2D eigenvalue weighted by molar-refractivity contribution is 9.10. The van der Waals surface area contributed by atoms with E-state index < -0.39 is 0 Å². The Morgan fingerprint density at radius 1 is 1.21 bits per heavy atom. The van der Waals surface area contributed by atoms with Crippen molar-refractivity contribution in [3.05, 3.63) is 80.0 Å². The second-order valence-corrected chi connectivity index (χ2v) is 8.46. The SMILES string of the molecule is Cc1ccc2cc(CN(C[C@H]3CCCO3)C(=O)c3ccc(Br)cc3)c(=O)[nH]c2c1. The molecule has 1 fully saturated rings. The smallest absolute Gasteiger partial charge is 0.254 e. The molecule has 1 aliphatic rings. The van der Waals surface area contributed by atoms with E-state index in [1.54, 1.807) is 17.0 Å². The molecule has 1 amide bonds. The van der Waals surface area contributed by atoms with Crippen LogP contribution in [0.1, 0.15) is 34.3 Å². The van der Waals surface area contributed by atoms with Gasteiger partial charge >= 0.3 is 0 Å². The summed E-state index contributed by atoms with van der Waals surface area (Å²) in [6.07, 6.45) is 1.94. The molecule has 1 aromatic heterocycles. The van der Waals surface area contributed by atoms with Crippen molar-refractivity contribution in [3.8, 4) is 0 Å². The molecule has 4 rings (SSSR count). The molecular weight excluding hydrogens is 432 g/mol. The van der Waals surface area contributed by atoms with Crippen LogP contribution in [0, 0.1) is 6.92 Å². The van der Waals surface area contributed by atoms with Gasteiger partial charge in [-0.25, -0.2) is 0 Å². The number of ether oxygens (including phenoxy) is 1. The topological polar surface area (TPSA) is 62.4 Å². The monoisotopic (exact) mass is 454 g/mol. The van der Waals surface area contributed by atoms with Gasteiger partial charge in [0.2, 0.25) is 0 Å². The molecule has 1 atom stereocenters. The maximum Gasteiger partial charge on any atom is 0.254 e. The van der Waals surface area contributed by atoms with E-state index in [4.69, 9.17) is 4.74 Å². The van der Waals surface area contributed by atoms with E-state index in [1.165, 1.54) is 0 Å². The van der Waals surface area contributed by atoms with Gasteiger partial charge in [0.1, 0.15) is 0 Å². The van der Waals surface area contributed by atoms with E-state index in [2.05, 4.69) is 20.9 Å². The molecule has 0 radical (unpaired) electrons. The number of hydrogen-bond donors (Lipinski definition) is 1. The molecular formula is C23H23BrN2O3. The number of benzene rings is 2. The number of carbonyl (C=O) groups excluding carboxylic acids is 1. The minimum Gasteiger partial charge on any atom is -0.376 e. The molecule has 0 bridgehead atoms. The molecule has 6 heteroatoms. The Hall–Kier alpha value is -2.44. The van der Waals surface area contributed by atoms with Crippen molar-refractivity contribution in [1.29, 1.82) is 0 Å². The van der Waals surface area contributed by atoms with Crippen molar-refractivity contribution in [2.75, 3.05) is 13.2 Å². The van der Waals surface area contributed by atoms with Gasteiger partial charge in [-0.3, -0.25) is 9.59 Å². The number of pyridine rings is 1. The third-order valence-electron chi connectivity index (χ3n) is 5.27. The van der Waals surface area contributed by atoms with Gasteiger partial charge in [0, 0.05) is 34.3 Å². The Morgan fingerprint density at radius 3 is 2.72 bits per heavy atom. The Balaban J connectivity index is 1.65. The van der Waals surface area contributed by atoms with Crippen LogP contribution in [0.2, 0.25) is 0 Å². The Morgan fingerprint density at radius 2 is 2.00 bits per heavy atom. The van der Waals surface area contributed by atoms with Crippen molar-refractivity contribution in [1.82, 2.24) is 9.88 Å². The molecule has 0 spiro atoms. The van der Waals surface area contributed by atoms with E-state index in [-0.39, 0.29) is 24.1 Å². The number of carbonyl (C=O) groups is 1. The summed E-state index contributed by atoms with van der Waals surface area (Å²) in [6.45, 7) is 3.43. The first-order valence-corrected chi connectivity index (χ1v) is 10.6. The van der Waals surface area contributed by atoms with Gasteiger partial charge in [-0.2, -0.15) is 0 Å². The first-order chi connectivity index (χ1) is 14.0. The summed E-state index contributed by atoms with van der Waals surface area (Å²) >= 11 is 3.40. The van der Waals surface area contributed by atoms with Crippen LogP contribution >= 0.6 is 15.9 Å². The standard InChI is InChI=1S/C23H23BrN2O3/c1-15-4-5-17-12-18(22(27)25-21(17)11-15)13-26(14-20-3-2-10-29-20)23(28)16-6-8-19(24)9-7-16/h4-9,11-12,20H,2-3,10,13-14H2,1H3,(H,25,27)/t20-/m1/s1. The quantitative estimate of drug-likeness (QED) is 0.620. The van der Waals surface area contributed by atoms with E-state index in [0.717, 1.165) is 40.4 Å². The average molecular weight is 455 g/mol. The van der Waals surface area contributed by atoms with Crippen molar-refractivity contribution in [2.24, 2.45) is 0 Å². The van der Waals surface area contributed by atoms with E-state index in [1.807, 2.05) is 43.3 Å². The minimum absolute atomic E-state index is 0.0107. The Labute approximate surface area is 177 Å². The van der Waals surface area contributed by atoms with Crippen LogP contribution in [0.4, 0.5) is 0 Å². The largest absolute Gasteiger partial charge is 0.376 e. The number of H-pyrrole nitrogens is 1. The molecule has 2 aromatic carbocycles. The lowest BCUT2D eigenvalue weighted by molar-refractivity contribution is 0.0506. The number of nitrogens with zero attached hydrogens (tertiary/aromatic N) is 1. The number of aryl methyl sites for hydroxylation is 1. The Bertz CT molecular complexity index is 1090. The number of fused-ring (bicyclic) bond motifs is 1. The van der Waals surface area contributed by atoms with E-state index in [9.17, 15) is 9.59 Å². The molecule has 29 heavy (non-hydrogen) atoms. The summed E-state index contributed by atoms with van der Waals surface area (Å²) in [6, 6.07) is 15.1. The molecule has 2 heterocycles. The second-order valence-electron chi connectivity index (χ2n) is 7.54. The highest BCUT2D eigenvalue weighted by atomic mass is 79.9. The number of aromatic nitrogens is 1. The van der Waals surface area contributed by atoms with Gasteiger partial charge in [-0.05, 0) is 67.1 Å². The number of hydrogen-bond acceptors (Lipinski definition) is 3. The van der Waals surface area contributed by atoms with Gasteiger partial charge in [0.05, 0.1) is 12.6 Å². The van der Waals surface area contributed by atoms with Crippen LogP contribution in [-0.2, 0) is 11.3 Å². The highest BCUT2D eigenvalue weighted by Crippen LogP contribution is 2.19. The molecule has 0 saturated carbocycles. The summed E-state index contributed by atoms with van der Waals surface area (Å²) in [5, 5.41) is 0.957. The number of aromatic amines is 1.